The van der Waals surface area contributed by atoms with Crippen molar-refractivity contribution in [3.05, 3.63) is 46.9 Å². The molecular formula is C19H24ClN3O4. The third kappa shape index (κ3) is 4.87. The first-order valence-corrected chi connectivity index (χ1v) is 9.16. The van der Waals surface area contributed by atoms with Crippen LogP contribution in [-0.2, 0) is 12.1 Å². The second-order valence-electron chi connectivity index (χ2n) is 6.49. The highest BCUT2D eigenvalue weighted by atomic mass is 35.5. The molecule has 0 saturated carbocycles. The molecule has 3 rings (SSSR count). The van der Waals surface area contributed by atoms with Crippen molar-refractivity contribution in [2.45, 2.75) is 25.5 Å². The molecule has 2 heterocycles. The number of hydrogen-bond acceptors (Lipinski definition) is 5. The maximum absolute atomic E-state index is 10.5. The molecule has 1 atom stereocenters. The van der Waals surface area contributed by atoms with E-state index in [4.69, 9.17) is 25.5 Å². The summed E-state index contributed by atoms with van der Waals surface area (Å²) in [6.45, 7) is 3.60. The maximum atomic E-state index is 10.5. The Balaban J connectivity index is 1.60. The number of aliphatic imine (C=N–C) groups is 1. The third-order valence-corrected chi connectivity index (χ3v) is 4.48. The van der Waals surface area contributed by atoms with Crippen LogP contribution < -0.4 is 20.1 Å². The summed E-state index contributed by atoms with van der Waals surface area (Å²) in [7, 11) is 1.66. The minimum Gasteiger partial charge on any atom is -0.489 e. The zero-order chi connectivity index (χ0) is 19.3. The van der Waals surface area contributed by atoms with Crippen LogP contribution >= 0.6 is 11.6 Å². The number of ether oxygens (including phenoxy) is 2. The lowest BCUT2D eigenvalue weighted by Crippen LogP contribution is -2.44. The average molecular weight is 394 g/mol. The Morgan fingerprint density at radius 3 is 2.85 bits per heavy atom. The minimum absolute atomic E-state index is 0.238. The van der Waals surface area contributed by atoms with Crippen molar-refractivity contribution >= 4 is 17.6 Å². The number of nitrogens with one attached hydrogen (secondary N) is 2. The highest BCUT2D eigenvalue weighted by Crippen LogP contribution is 2.37. The van der Waals surface area contributed by atoms with Crippen LogP contribution in [0.5, 0.6) is 11.5 Å². The first-order valence-electron chi connectivity index (χ1n) is 8.78. The predicted molar refractivity (Wildman–Crippen MR) is 104 cm³/mol. The van der Waals surface area contributed by atoms with E-state index in [-0.39, 0.29) is 6.54 Å². The Kier molecular flexibility index (Phi) is 6.13. The van der Waals surface area contributed by atoms with Gasteiger partial charge in [-0.3, -0.25) is 4.99 Å². The summed E-state index contributed by atoms with van der Waals surface area (Å²) >= 11 is 6.32. The van der Waals surface area contributed by atoms with Gasteiger partial charge in [-0.05, 0) is 36.8 Å². The molecular weight excluding hydrogens is 370 g/mol. The Morgan fingerprint density at radius 2 is 2.11 bits per heavy atom. The molecule has 1 aliphatic rings. The number of nitrogens with zero attached hydrogens (tertiary/aromatic N) is 1. The Morgan fingerprint density at radius 1 is 1.30 bits per heavy atom. The molecule has 0 saturated heterocycles. The fourth-order valence-electron chi connectivity index (χ4n) is 2.72. The summed E-state index contributed by atoms with van der Waals surface area (Å²) < 4.78 is 16.6. The third-order valence-electron chi connectivity index (χ3n) is 4.20. The number of rotatable bonds is 5. The molecule has 0 amide bonds. The molecule has 1 aromatic heterocycles. The molecule has 27 heavy (non-hydrogen) atoms. The second kappa shape index (κ2) is 8.54. The van der Waals surface area contributed by atoms with Crippen molar-refractivity contribution in [2.24, 2.45) is 4.99 Å². The lowest BCUT2D eigenvalue weighted by molar-refractivity contribution is 0.0386. The summed E-state index contributed by atoms with van der Waals surface area (Å²) in [6, 6.07) is 7.22. The SMILES string of the molecule is CN=C(NCc1cc(Cl)c2c(c1)OCCCO2)NCC(C)(O)c1ccco1. The molecule has 0 fully saturated rings. The van der Waals surface area contributed by atoms with Crippen LogP contribution in [0.1, 0.15) is 24.7 Å². The molecule has 0 aliphatic carbocycles. The summed E-state index contributed by atoms with van der Waals surface area (Å²) in [6.07, 6.45) is 2.36. The van der Waals surface area contributed by atoms with Crippen LogP contribution in [0.15, 0.2) is 39.9 Å². The lowest BCUT2D eigenvalue weighted by atomic mass is 10.0. The average Bonchev–Trinajstić information content (AvgIpc) is 3.09. The van der Waals surface area contributed by atoms with Crippen LogP contribution in [0.25, 0.3) is 0 Å². The van der Waals surface area contributed by atoms with Gasteiger partial charge in [0.2, 0.25) is 0 Å². The van der Waals surface area contributed by atoms with Crippen LogP contribution in [0, 0.1) is 0 Å². The highest BCUT2D eigenvalue weighted by molar-refractivity contribution is 6.32. The van der Waals surface area contributed by atoms with E-state index >= 15 is 0 Å². The van der Waals surface area contributed by atoms with Crippen LogP contribution in [0.3, 0.4) is 0 Å². The first kappa shape index (κ1) is 19.4. The number of aliphatic hydroxyl groups is 1. The first-order chi connectivity index (χ1) is 13.0. The van der Waals surface area contributed by atoms with Crippen molar-refractivity contribution in [1.82, 2.24) is 10.6 Å². The van der Waals surface area contributed by atoms with Crippen molar-refractivity contribution in [1.29, 1.82) is 0 Å². The van der Waals surface area contributed by atoms with Gasteiger partial charge in [-0.1, -0.05) is 11.6 Å². The molecule has 1 unspecified atom stereocenters. The molecule has 1 aliphatic heterocycles. The molecule has 3 N–H and O–H groups in total. The summed E-state index contributed by atoms with van der Waals surface area (Å²) in [5, 5.41) is 17.3. The van der Waals surface area contributed by atoms with Gasteiger partial charge < -0.3 is 29.6 Å². The summed E-state index contributed by atoms with van der Waals surface area (Å²) in [5.74, 6) is 2.28. The second-order valence-corrected chi connectivity index (χ2v) is 6.89. The normalized spacial score (nSPS) is 16.4. The zero-order valence-electron chi connectivity index (χ0n) is 15.4. The summed E-state index contributed by atoms with van der Waals surface area (Å²) in [4.78, 5) is 4.18. The Hall–Kier alpha value is -2.38. The molecule has 0 spiro atoms. The maximum Gasteiger partial charge on any atom is 0.191 e. The van der Waals surface area contributed by atoms with Gasteiger partial charge in [0.15, 0.2) is 17.5 Å². The van der Waals surface area contributed by atoms with Gasteiger partial charge in [0, 0.05) is 20.0 Å². The van der Waals surface area contributed by atoms with E-state index in [9.17, 15) is 5.11 Å². The molecule has 146 valence electrons. The molecule has 2 aromatic rings. The Bertz CT molecular complexity index is 791. The quantitative estimate of drug-likeness (QED) is 0.534. The van der Waals surface area contributed by atoms with Gasteiger partial charge in [-0.2, -0.15) is 0 Å². The molecule has 0 radical (unpaired) electrons. The van der Waals surface area contributed by atoms with Gasteiger partial charge in [0.1, 0.15) is 11.4 Å². The van der Waals surface area contributed by atoms with Gasteiger partial charge >= 0.3 is 0 Å². The fourth-order valence-corrected chi connectivity index (χ4v) is 3.01. The fraction of sp³-hybridized carbons (Fsp3) is 0.421. The highest BCUT2D eigenvalue weighted by Gasteiger charge is 2.26. The van der Waals surface area contributed by atoms with Crippen molar-refractivity contribution < 1.29 is 19.0 Å². The number of halogens is 1. The van der Waals surface area contributed by atoms with E-state index in [2.05, 4.69) is 15.6 Å². The number of guanidine groups is 1. The molecule has 8 heteroatoms. The number of benzene rings is 1. The van der Waals surface area contributed by atoms with Crippen molar-refractivity contribution in [3.8, 4) is 11.5 Å². The summed E-state index contributed by atoms with van der Waals surface area (Å²) in [5.41, 5.74) is -0.218. The van der Waals surface area contributed by atoms with E-state index in [1.54, 1.807) is 26.1 Å². The van der Waals surface area contributed by atoms with Crippen LogP contribution in [0.2, 0.25) is 5.02 Å². The van der Waals surface area contributed by atoms with E-state index in [0.29, 0.717) is 48.0 Å². The number of furan rings is 1. The van der Waals surface area contributed by atoms with Gasteiger partial charge in [-0.15, -0.1) is 0 Å². The largest absolute Gasteiger partial charge is 0.489 e. The van der Waals surface area contributed by atoms with Gasteiger partial charge in [-0.25, -0.2) is 0 Å². The van der Waals surface area contributed by atoms with Crippen LogP contribution in [0.4, 0.5) is 0 Å². The van der Waals surface area contributed by atoms with E-state index in [1.807, 2.05) is 12.1 Å². The van der Waals surface area contributed by atoms with E-state index in [0.717, 1.165) is 12.0 Å². The van der Waals surface area contributed by atoms with Crippen molar-refractivity contribution in [2.75, 3.05) is 26.8 Å². The van der Waals surface area contributed by atoms with E-state index in [1.165, 1.54) is 6.26 Å². The standard InChI is InChI=1S/C19H24ClN3O4/c1-19(24,16-5-3-6-26-16)12-23-18(21-2)22-11-13-9-14(20)17-15(10-13)25-7-4-8-27-17/h3,5-6,9-10,24H,4,7-8,11-12H2,1-2H3,(H2,21,22,23). The number of hydrogen-bond donors (Lipinski definition) is 3. The van der Waals surface area contributed by atoms with Crippen LogP contribution in [-0.4, -0.2) is 37.9 Å². The van der Waals surface area contributed by atoms with Crippen molar-refractivity contribution in [3.63, 3.8) is 0 Å². The topological polar surface area (TPSA) is 88.3 Å². The van der Waals surface area contributed by atoms with Gasteiger partial charge in [0.05, 0.1) is 31.0 Å². The molecule has 7 nitrogen and oxygen atoms in total. The lowest BCUT2D eigenvalue weighted by Gasteiger charge is -2.22. The number of fused-ring (bicyclic) bond motifs is 1. The minimum atomic E-state index is -1.15. The zero-order valence-corrected chi connectivity index (χ0v) is 16.2. The predicted octanol–water partition coefficient (Wildman–Crippen LogP) is 2.67. The van der Waals surface area contributed by atoms with Gasteiger partial charge in [0.25, 0.3) is 0 Å². The monoisotopic (exact) mass is 393 g/mol. The van der Waals surface area contributed by atoms with E-state index < -0.39 is 5.60 Å². The smallest absolute Gasteiger partial charge is 0.191 e. The Labute approximate surface area is 163 Å². The molecule has 1 aromatic carbocycles. The molecule has 0 bridgehead atoms.